The summed E-state index contributed by atoms with van der Waals surface area (Å²) >= 11 is 1.63. The van der Waals surface area contributed by atoms with Crippen LogP contribution in [0.15, 0.2) is 0 Å². The molecule has 1 unspecified atom stereocenters. The molecule has 1 radical (unpaired) electrons. The van der Waals surface area contributed by atoms with Crippen molar-refractivity contribution in [3.05, 3.63) is 0 Å². The molecule has 0 fully saturated rings. The first-order valence-electron chi connectivity index (χ1n) is 3.59. The highest BCUT2D eigenvalue weighted by Gasteiger charge is 2.11. The Balaban J connectivity index is 3.53. The fourth-order valence-corrected chi connectivity index (χ4v) is 1.12. The second-order valence-electron chi connectivity index (χ2n) is 2.25. The Labute approximate surface area is 76.3 Å². The van der Waals surface area contributed by atoms with Gasteiger partial charge in [0.1, 0.15) is 0 Å². The van der Waals surface area contributed by atoms with Gasteiger partial charge < -0.3 is 11.1 Å². The Morgan fingerprint density at radius 3 is 2.92 bits per heavy atom. The zero-order valence-corrected chi connectivity index (χ0v) is 7.82. The van der Waals surface area contributed by atoms with E-state index < -0.39 is 6.04 Å². The van der Waals surface area contributed by atoms with Crippen molar-refractivity contribution < 1.29 is 9.59 Å². The third-order valence-electron chi connectivity index (χ3n) is 1.30. The van der Waals surface area contributed by atoms with E-state index >= 15 is 0 Å². The van der Waals surface area contributed by atoms with Gasteiger partial charge in [-0.05, 0) is 18.4 Å². The van der Waals surface area contributed by atoms with E-state index in [0.717, 1.165) is 5.75 Å². The molecule has 0 rings (SSSR count). The predicted octanol–water partition coefficient (Wildman–Crippen LogP) is -0.707. The van der Waals surface area contributed by atoms with Crippen LogP contribution in [0, 0.1) is 0 Å². The van der Waals surface area contributed by atoms with Gasteiger partial charge in [0.05, 0.1) is 12.6 Å². The van der Waals surface area contributed by atoms with E-state index in [1.54, 1.807) is 18.0 Å². The van der Waals surface area contributed by atoms with Crippen molar-refractivity contribution in [3.8, 4) is 0 Å². The van der Waals surface area contributed by atoms with Crippen molar-refractivity contribution in [1.82, 2.24) is 5.32 Å². The molecule has 0 spiro atoms. The van der Waals surface area contributed by atoms with Crippen LogP contribution in [0.5, 0.6) is 0 Å². The fourth-order valence-electron chi connectivity index (χ4n) is 0.630. The highest BCUT2D eigenvalue weighted by atomic mass is 32.2. The number of carbonyl (C=O) groups is 1. The first-order chi connectivity index (χ1) is 5.72. The number of rotatable bonds is 6. The lowest BCUT2D eigenvalue weighted by atomic mass is 10.2. The van der Waals surface area contributed by atoms with E-state index in [1.807, 2.05) is 6.26 Å². The molecule has 69 valence electrons. The van der Waals surface area contributed by atoms with E-state index in [1.165, 1.54) is 0 Å². The van der Waals surface area contributed by atoms with Crippen LogP contribution in [0.1, 0.15) is 6.42 Å². The molecular weight excluding hydrogens is 176 g/mol. The molecule has 12 heavy (non-hydrogen) atoms. The molecule has 0 aliphatic heterocycles. The van der Waals surface area contributed by atoms with Gasteiger partial charge in [-0.2, -0.15) is 11.8 Å². The quantitative estimate of drug-likeness (QED) is 0.579. The Morgan fingerprint density at radius 1 is 1.75 bits per heavy atom. The summed E-state index contributed by atoms with van der Waals surface area (Å²) in [6, 6.07) is -0.509. The molecule has 5 heteroatoms. The number of nitrogens with one attached hydrogen (secondary N) is 1. The Hall–Kier alpha value is -0.550. The van der Waals surface area contributed by atoms with Gasteiger partial charge in [0.25, 0.3) is 0 Å². The molecule has 0 aromatic heterocycles. The van der Waals surface area contributed by atoms with Gasteiger partial charge >= 0.3 is 0 Å². The average molecular weight is 189 g/mol. The lowest BCUT2D eigenvalue weighted by molar-refractivity contribution is -0.122. The van der Waals surface area contributed by atoms with Crippen molar-refractivity contribution in [2.24, 2.45) is 5.73 Å². The van der Waals surface area contributed by atoms with Gasteiger partial charge in [-0.25, -0.2) is 0 Å². The third-order valence-corrected chi connectivity index (χ3v) is 1.95. The minimum absolute atomic E-state index is 0.0776. The molecular formula is C7H13N2O2S. The smallest absolute Gasteiger partial charge is 0.237 e. The van der Waals surface area contributed by atoms with Crippen molar-refractivity contribution in [2.75, 3.05) is 18.6 Å². The monoisotopic (exact) mass is 189 g/mol. The van der Waals surface area contributed by atoms with E-state index in [4.69, 9.17) is 5.73 Å². The average Bonchev–Trinajstić information content (AvgIpc) is 2.10. The highest BCUT2D eigenvalue weighted by molar-refractivity contribution is 7.98. The van der Waals surface area contributed by atoms with Crippen LogP contribution in [-0.2, 0) is 9.59 Å². The second kappa shape index (κ2) is 7.12. The van der Waals surface area contributed by atoms with E-state index in [-0.39, 0.29) is 12.5 Å². The topological polar surface area (TPSA) is 72.2 Å². The summed E-state index contributed by atoms with van der Waals surface area (Å²) < 4.78 is 0. The summed E-state index contributed by atoms with van der Waals surface area (Å²) in [5, 5.41) is 2.34. The summed E-state index contributed by atoms with van der Waals surface area (Å²) in [6.07, 6.45) is 4.15. The van der Waals surface area contributed by atoms with Gasteiger partial charge in [0.15, 0.2) is 0 Å². The minimum Gasteiger partial charge on any atom is -0.347 e. The van der Waals surface area contributed by atoms with Crippen LogP contribution in [-0.4, -0.2) is 36.8 Å². The van der Waals surface area contributed by atoms with Crippen LogP contribution in [0.4, 0.5) is 0 Å². The Bertz CT molecular complexity index is 152. The summed E-state index contributed by atoms with van der Waals surface area (Å²) in [6.45, 7) is -0.0776. The zero-order chi connectivity index (χ0) is 9.40. The van der Waals surface area contributed by atoms with Gasteiger partial charge in [-0.15, -0.1) is 0 Å². The molecule has 0 aliphatic rings. The van der Waals surface area contributed by atoms with E-state index in [9.17, 15) is 9.59 Å². The lowest BCUT2D eigenvalue weighted by Crippen LogP contribution is -2.41. The maximum Gasteiger partial charge on any atom is 0.237 e. The lowest BCUT2D eigenvalue weighted by Gasteiger charge is -2.08. The number of carbonyl (C=O) groups excluding carboxylic acids is 2. The largest absolute Gasteiger partial charge is 0.347 e. The molecule has 0 saturated carbocycles. The van der Waals surface area contributed by atoms with E-state index in [0.29, 0.717) is 6.42 Å². The molecule has 3 N–H and O–H groups in total. The van der Waals surface area contributed by atoms with Crippen molar-refractivity contribution in [1.29, 1.82) is 0 Å². The van der Waals surface area contributed by atoms with Gasteiger partial charge in [0, 0.05) is 0 Å². The number of hydrogen-bond acceptors (Lipinski definition) is 4. The minimum atomic E-state index is -0.509. The molecule has 1 amide bonds. The van der Waals surface area contributed by atoms with E-state index in [2.05, 4.69) is 5.32 Å². The van der Waals surface area contributed by atoms with Crippen LogP contribution in [0.3, 0.4) is 0 Å². The molecule has 0 bridgehead atoms. The highest BCUT2D eigenvalue weighted by Crippen LogP contribution is 1.98. The van der Waals surface area contributed by atoms with Gasteiger partial charge in [-0.1, -0.05) is 0 Å². The standard InChI is InChI=1S/C7H13N2O2S/c1-12-5-2-6(8)7(11)9-3-4-10/h6H,2-3,5,8H2,1H3,(H,9,11). The molecule has 1 atom stereocenters. The predicted molar refractivity (Wildman–Crippen MR) is 49.7 cm³/mol. The van der Waals surface area contributed by atoms with Crippen molar-refractivity contribution >= 4 is 24.0 Å². The molecule has 0 saturated heterocycles. The van der Waals surface area contributed by atoms with Crippen LogP contribution >= 0.6 is 11.8 Å². The zero-order valence-electron chi connectivity index (χ0n) is 7.00. The summed E-state index contributed by atoms with van der Waals surface area (Å²) in [5.41, 5.74) is 5.49. The maximum absolute atomic E-state index is 11.0. The molecule has 0 aliphatic carbocycles. The first kappa shape index (κ1) is 11.4. The maximum atomic E-state index is 11.0. The number of hydrogen-bond donors (Lipinski definition) is 2. The van der Waals surface area contributed by atoms with Crippen molar-refractivity contribution in [2.45, 2.75) is 12.5 Å². The first-order valence-corrected chi connectivity index (χ1v) is 4.99. The summed E-state index contributed by atoms with van der Waals surface area (Å²) in [5.74, 6) is 0.562. The Morgan fingerprint density at radius 2 is 2.42 bits per heavy atom. The van der Waals surface area contributed by atoms with Crippen LogP contribution in [0.2, 0.25) is 0 Å². The normalized spacial score (nSPS) is 12.2. The Kier molecular flexibility index (Phi) is 6.79. The summed E-state index contributed by atoms with van der Waals surface area (Å²) in [4.78, 5) is 20.7. The number of nitrogens with two attached hydrogens (primary N) is 1. The third kappa shape index (κ3) is 5.15. The molecule has 0 aromatic carbocycles. The van der Waals surface area contributed by atoms with Gasteiger partial charge in [-0.3, -0.25) is 9.59 Å². The number of amides is 1. The van der Waals surface area contributed by atoms with Gasteiger partial charge in [0.2, 0.25) is 12.2 Å². The molecule has 4 nitrogen and oxygen atoms in total. The molecule has 0 heterocycles. The van der Waals surface area contributed by atoms with Crippen LogP contribution in [0.25, 0.3) is 0 Å². The fraction of sp³-hybridized carbons (Fsp3) is 0.714. The van der Waals surface area contributed by atoms with Crippen molar-refractivity contribution in [3.63, 3.8) is 0 Å². The second-order valence-corrected chi connectivity index (χ2v) is 3.24. The van der Waals surface area contributed by atoms with Crippen LogP contribution < -0.4 is 11.1 Å². The molecule has 0 aromatic rings. The SMILES string of the molecule is CSCCC(N)C(=O)NC[C]=O. The number of thioether (sulfide) groups is 1. The summed E-state index contributed by atoms with van der Waals surface area (Å²) in [7, 11) is 0.